The minimum atomic E-state index is -1.08. The predicted molar refractivity (Wildman–Crippen MR) is 119 cm³/mol. The molecule has 31 heavy (non-hydrogen) atoms. The highest BCUT2D eigenvalue weighted by atomic mass is 32.1. The molecule has 0 spiro atoms. The first-order chi connectivity index (χ1) is 14.7. The first-order valence-electron chi connectivity index (χ1n) is 9.89. The highest BCUT2D eigenvalue weighted by Gasteiger charge is 2.33. The standard InChI is InChI=1S/C23H24N4O3S/c1-15(2)23(4,14-24)25-21(28)16(3)30-22(29)19-13-18(20-11-8-12-31-20)26-27(19)17-9-6-5-7-10-17/h5-13,15-16H,1-4H3,(H,25,28). The Kier molecular flexibility index (Phi) is 6.56. The smallest absolute Gasteiger partial charge is 0.357 e. The molecular weight excluding hydrogens is 412 g/mol. The number of hydrogen-bond donors (Lipinski definition) is 1. The molecule has 0 saturated carbocycles. The molecule has 0 aliphatic rings. The number of carbonyl (C=O) groups is 2. The molecule has 0 aliphatic heterocycles. The van der Waals surface area contributed by atoms with Crippen molar-refractivity contribution in [3.63, 3.8) is 0 Å². The van der Waals surface area contributed by atoms with Crippen molar-refractivity contribution in [3.05, 3.63) is 59.6 Å². The number of carbonyl (C=O) groups excluding carboxylic acids is 2. The van der Waals surface area contributed by atoms with Crippen molar-refractivity contribution in [2.45, 2.75) is 39.3 Å². The van der Waals surface area contributed by atoms with Gasteiger partial charge >= 0.3 is 5.97 Å². The zero-order chi connectivity index (χ0) is 22.6. The number of nitrogens with one attached hydrogen (secondary N) is 1. The highest BCUT2D eigenvalue weighted by molar-refractivity contribution is 7.13. The fourth-order valence-electron chi connectivity index (χ4n) is 2.77. The van der Waals surface area contributed by atoms with Crippen LogP contribution in [0, 0.1) is 17.2 Å². The minimum Gasteiger partial charge on any atom is -0.448 e. The number of aromatic nitrogens is 2. The van der Waals surface area contributed by atoms with E-state index in [2.05, 4.69) is 16.5 Å². The molecule has 2 atom stereocenters. The van der Waals surface area contributed by atoms with E-state index in [-0.39, 0.29) is 11.6 Å². The summed E-state index contributed by atoms with van der Waals surface area (Å²) in [5.74, 6) is -1.32. The summed E-state index contributed by atoms with van der Waals surface area (Å²) in [5, 5.41) is 18.6. The van der Waals surface area contributed by atoms with Crippen molar-refractivity contribution in [1.82, 2.24) is 15.1 Å². The third-order valence-electron chi connectivity index (χ3n) is 5.12. The molecule has 1 N–H and O–H groups in total. The van der Waals surface area contributed by atoms with E-state index < -0.39 is 23.5 Å². The lowest BCUT2D eigenvalue weighted by Gasteiger charge is -2.28. The topological polar surface area (TPSA) is 97.0 Å². The summed E-state index contributed by atoms with van der Waals surface area (Å²) in [6.07, 6.45) is -1.08. The number of ether oxygens (including phenoxy) is 1. The van der Waals surface area contributed by atoms with Gasteiger partial charge in [-0.05, 0) is 43.3 Å². The fraction of sp³-hybridized carbons (Fsp3) is 0.304. The van der Waals surface area contributed by atoms with Crippen LogP contribution in [0.5, 0.6) is 0 Å². The lowest BCUT2D eigenvalue weighted by molar-refractivity contribution is -0.130. The Hall–Kier alpha value is -3.44. The Labute approximate surface area is 185 Å². The van der Waals surface area contributed by atoms with Crippen molar-refractivity contribution >= 4 is 23.2 Å². The first-order valence-corrected chi connectivity index (χ1v) is 10.8. The maximum absolute atomic E-state index is 13.0. The van der Waals surface area contributed by atoms with Crippen molar-refractivity contribution < 1.29 is 14.3 Å². The zero-order valence-corrected chi connectivity index (χ0v) is 18.6. The summed E-state index contributed by atoms with van der Waals surface area (Å²) in [5.41, 5.74) is 0.489. The number of thiophene rings is 1. The number of rotatable bonds is 7. The normalized spacial score (nSPS) is 13.8. The molecule has 160 valence electrons. The van der Waals surface area contributed by atoms with Gasteiger partial charge in [-0.15, -0.1) is 11.3 Å². The van der Waals surface area contributed by atoms with E-state index in [4.69, 9.17) is 4.74 Å². The molecule has 0 aliphatic carbocycles. The second-order valence-corrected chi connectivity index (χ2v) is 8.59. The molecule has 0 bridgehead atoms. The van der Waals surface area contributed by atoms with Crippen LogP contribution in [0.25, 0.3) is 16.3 Å². The third kappa shape index (κ3) is 4.84. The molecule has 1 amide bonds. The van der Waals surface area contributed by atoms with Crippen LogP contribution in [-0.4, -0.2) is 33.3 Å². The van der Waals surface area contributed by atoms with Gasteiger partial charge in [0.1, 0.15) is 11.2 Å². The number of benzene rings is 1. The molecular formula is C23H24N4O3S. The number of hydrogen-bond acceptors (Lipinski definition) is 6. The van der Waals surface area contributed by atoms with Crippen LogP contribution < -0.4 is 5.32 Å². The Morgan fingerprint density at radius 3 is 2.48 bits per heavy atom. The van der Waals surface area contributed by atoms with Crippen LogP contribution in [0.3, 0.4) is 0 Å². The van der Waals surface area contributed by atoms with E-state index in [0.717, 1.165) is 4.88 Å². The highest BCUT2D eigenvalue weighted by Crippen LogP contribution is 2.26. The van der Waals surface area contributed by atoms with Crippen molar-refractivity contribution in [2.24, 2.45) is 5.92 Å². The largest absolute Gasteiger partial charge is 0.448 e. The molecule has 2 heterocycles. The molecule has 0 saturated heterocycles. The summed E-state index contributed by atoms with van der Waals surface area (Å²) in [7, 11) is 0. The lowest BCUT2D eigenvalue weighted by Crippen LogP contribution is -2.52. The van der Waals surface area contributed by atoms with Gasteiger partial charge in [-0.1, -0.05) is 38.1 Å². The molecule has 0 radical (unpaired) electrons. The minimum absolute atomic E-state index is 0.114. The molecule has 2 aromatic heterocycles. The monoisotopic (exact) mass is 436 g/mol. The van der Waals surface area contributed by atoms with Gasteiger partial charge in [0.25, 0.3) is 5.91 Å². The Bertz CT molecular complexity index is 1100. The van der Waals surface area contributed by atoms with Crippen molar-refractivity contribution in [3.8, 4) is 22.3 Å². The number of amides is 1. The molecule has 1 aromatic carbocycles. The van der Waals surface area contributed by atoms with Crippen LogP contribution in [0.2, 0.25) is 0 Å². The average Bonchev–Trinajstić information content (AvgIpc) is 3.44. The van der Waals surface area contributed by atoms with Gasteiger partial charge in [-0.25, -0.2) is 9.48 Å². The molecule has 3 rings (SSSR count). The molecule has 0 fully saturated rings. The van der Waals surface area contributed by atoms with E-state index in [9.17, 15) is 14.9 Å². The molecule has 7 nitrogen and oxygen atoms in total. The molecule has 3 aromatic rings. The van der Waals surface area contributed by atoms with Crippen molar-refractivity contribution in [2.75, 3.05) is 0 Å². The van der Waals surface area contributed by atoms with Gasteiger partial charge in [0.2, 0.25) is 0 Å². The van der Waals surface area contributed by atoms with E-state index in [0.29, 0.717) is 11.4 Å². The third-order valence-corrected chi connectivity index (χ3v) is 6.01. The Balaban J connectivity index is 1.85. The van der Waals surface area contributed by atoms with Crippen LogP contribution in [-0.2, 0) is 9.53 Å². The Morgan fingerprint density at radius 1 is 1.19 bits per heavy atom. The van der Waals surface area contributed by atoms with E-state index >= 15 is 0 Å². The second-order valence-electron chi connectivity index (χ2n) is 7.65. The predicted octanol–water partition coefficient (Wildman–Crippen LogP) is 4.20. The molecule has 2 unspecified atom stereocenters. The lowest BCUT2D eigenvalue weighted by atomic mass is 9.90. The maximum atomic E-state index is 13.0. The average molecular weight is 437 g/mol. The number of esters is 1. The summed E-state index contributed by atoms with van der Waals surface area (Å²) >= 11 is 1.51. The molecule has 8 heteroatoms. The van der Waals surface area contributed by atoms with E-state index in [1.54, 1.807) is 13.0 Å². The Morgan fingerprint density at radius 2 is 1.90 bits per heavy atom. The number of para-hydroxylation sites is 1. The summed E-state index contributed by atoms with van der Waals surface area (Å²) in [6.45, 7) is 6.80. The number of nitriles is 1. The van der Waals surface area contributed by atoms with Crippen LogP contribution in [0.4, 0.5) is 0 Å². The van der Waals surface area contributed by atoms with Crippen molar-refractivity contribution in [1.29, 1.82) is 5.26 Å². The van der Waals surface area contributed by atoms with Crippen LogP contribution in [0.15, 0.2) is 53.9 Å². The number of nitrogens with zero attached hydrogens (tertiary/aromatic N) is 3. The maximum Gasteiger partial charge on any atom is 0.357 e. The quantitative estimate of drug-likeness (QED) is 0.560. The first kappa shape index (κ1) is 22.2. The van der Waals surface area contributed by atoms with Crippen LogP contribution in [0.1, 0.15) is 38.2 Å². The van der Waals surface area contributed by atoms with E-state index in [1.807, 2.05) is 61.7 Å². The van der Waals surface area contributed by atoms with Gasteiger partial charge in [-0.2, -0.15) is 10.4 Å². The van der Waals surface area contributed by atoms with Gasteiger partial charge in [0.15, 0.2) is 11.8 Å². The summed E-state index contributed by atoms with van der Waals surface area (Å²) in [6, 6.07) is 16.8. The second kappa shape index (κ2) is 9.14. The fourth-order valence-corrected chi connectivity index (χ4v) is 3.45. The van der Waals surface area contributed by atoms with Gasteiger partial charge in [0, 0.05) is 6.07 Å². The van der Waals surface area contributed by atoms with Gasteiger partial charge < -0.3 is 10.1 Å². The van der Waals surface area contributed by atoms with Gasteiger partial charge in [0.05, 0.1) is 16.6 Å². The van der Waals surface area contributed by atoms with Crippen LogP contribution >= 0.6 is 11.3 Å². The van der Waals surface area contributed by atoms with Gasteiger partial charge in [-0.3, -0.25) is 4.79 Å². The SMILES string of the molecule is CC(OC(=O)c1cc(-c2cccs2)nn1-c1ccccc1)C(=O)NC(C)(C#N)C(C)C. The van der Waals surface area contributed by atoms with E-state index in [1.165, 1.54) is 22.9 Å². The summed E-state index contributed by atoms with van der Waals surface area (Å²) in [4.78, 5) is 26.5. The summed E-state index contributed by atoms with van der Waals surface area (Å²) < 4.78 is 6.95. The zero-order valence-electron chi connectivity index (χ0n) is 17.8.